The Bertz CT molecular complexity index is 458. The summed E-state index contributed by atoms with van der Waals surface area (Å²) in [5, 5.41) is 9.65. The molecule has 0 aliphatic rings. The van der Waals surface area contributed by atoms with Crippen molar-refractivity contribution in [3.05, 3.63) is 12.2 Å². The first kappa shape index (κ1) is 25.6. The van der Waals surface area contributed by atoms with Crippen molar-refractivity contribution in [3.8, 4) is 0 Å². The summed E-state index contributed by atoms with van der Waals surface area (Å²) in [5.74, 6) is -0.882. The fraction of sp³-hybridized carbons (Fsp3) is 0.810. The van der Waals surface area contributed by atoms with Gasteiger partial charge in [-0.15, -0.1) is 0 Å². The van der Waals surface area contributed by atoms with Crippen LogP contribution in [0.3, 0.4) is 0 Å². The molecule has 6 nitrogen and oxygen atoms in total. The molecule has 158 valence electrons. The minimum atomic E-state index is -0.521. The van der Waals surface area contributed by atoms with Crippen molar-refractivity contribution in [2.24, 2.45) is 17.8 Å². The summed E-state index contributed by atoms with van der Waals surface area (Å²) >= 11 is 0. The lowest BCUT2D eigenvalue weighted by molar-refractivity contribution is -0.162. The van der Waals surface area contributed by atoms with E-state index in [4.69, 9.17) is 14.2 Å². The minimum absolute atomic E-state index is 0.0962. The van der Waals surface area contributed by atoms with Gasteiger partial charge in [0.25, 0.3) is 0 Å². The second kappa shape index (κ2) is 13.7. The molecule has 0 aromatic carbocycles. The Morgan fingerprint density at radius 2 is 1.63 bits per heavy atom. The van der Waals surface area contributed by atoms with Crippen LogP contribution in [0.4, 0.5) is 0 Å². The average Bonchev–Trinajstić information content (AvgIpc) is 2.59. The van der Waals surface area contributed by atoms with Crippen LogP contribution >= 0.6 is 0 Å². The molecule has 0 fully saturated rings. The summed E-state index contributed by atoms with van der Waals surface area (Å²) in [4.78, 5) is 23.2. The zero-order chi connectivity index (χ0) is 21.0. The van der Waals surface area contributed by atoms with E-state index in [-0.39, 0.29) is 36.4 Å². The number of methoxy groups -OCH3 is 1. The van der Waals surface area contributed by atoms with Gasteiger partial charge >= 0.3 is 11.9 Å². The van der Waals surface area contributed by atoms with E-state index in [2.05, 4.69) is 13.0 Å². The molecule has 0 bridgehead atoms. The summed E-state index contributed by atoms with van der Waals surface area (Å²) in [7, 11) is 1.66. The van der Waals surface area contributed by atoms with Crippen LogP contribution < -0.4 is 0 Å². The van der Waals surface area contributed by atoms with Crippen LogP contribution in [0.1, 0.15) is 60.8 Å². The van der Waals surface area contributed by atoms with Crippen molar-refractivity contribution in [1.29, 1.82) is 0 Å². The first-order valence-corrected chi connectivity index (χ1v) is 9.80. The summed E-state index contributed by atoms with van der Waals surface area (Å²) in [6.45, 7) is 10.6. The molecule has 0 radical (unpaired) electrons. The van der Waals surface area contributed by atoms with Crippen LogP contribution in [0.15, 0.2) is 12.2 Å². The molecule has 0 heterocycles. The number of aliphatic hydroxyl groups is 1. The van der Waals surface area contributed by atoms with Crippen molar-refractivity contribution in [1.82, 2.24) is 0 Å². The summed E-state index contributed by atoms with van der Waals surface area (Å²) in [6, 6.07) is 0. The maximum absolute atomic E-state index is 11.7. The highest BCUT2D eigenvalue weighted by Gasteiger charge is 2.35. The zero-order valence-electron chi connectivity index (χ0n) is 17.9. The van der Waals surface area contributed by atoms with Crippen molar-refractivity contribution < 1.29 is 28.9 Å². The van der Waals surface area contributed by atoms with Gasteiger partial charge in [-0.2, -0.15) is 0 Å². The van der Waals surface area contributed by atoms with Crippen molar-refractivity contribution in [2.45, 2.75) is 79.1 Å². The van der Waals surface area contributed by atoms with Gasteiger partial charge in [-0.1, -0.05) is 32.9 Å². The van der Waals surface area contributed by atoms with Gasteiger partial charge in [0, 0.05) is 45.8 Å². The smallest absolute Gasteiger partial charge is 0.302 e. The molecule has 0 unspecified atom stereocenters. The summed E-state index contributed by atoms with van der Waals surface area (Å²) < 4.78 is 16.8. The highest BCUT2D eigenvalue weighted by molar-refractivity contribution is 5.66. The minimum Gasteiger partial charge on any atom is -0.462 e. The third kappa shape index (κ3) is 9.38. The Labute approximate surface area is 164 Å². The molecule has 0 aliphatic carbocycles. The van der Waals surface area contributed by atoms with E-state index in [0.717, 1.165) is 6.42 Å². The topological polar surface area (TPSA) is 82.1 Å². The van der Waals surface area contributed by atoms with Gasteiger partial charge in [-0.3, -0.25) is 9.59 Å². The Kier molecular flexibility index (Phi) is 13.0. The molecule has 0 amide bonds. The van der Waals surface area contributed by atoms with Gasteiger partial charge in [0.05, 0.1) is 6.10 Å². The molecule has 1 N–H and O–H groups in total. The van der Waals surface area contributed by atoms with Crippen LogP contribution in [0.2, 0.25) is 0 Å². The van der Waals surface area contributed by atoms with E-state index >= 15 is 0 Å². The molecule has 0 aliphatic heterocycles. The van der Waals surface area contributed by atoms with Gasteiger partial charge < -0.3 is 19.3 Å². The molecule has 0 saturated heterocycles. The van der Waals surface area contributed by atoms with Crippen LogP contribution in [-0.4, -0.2) is 49.1 Å². The number of esters is 2. The van der Waals surface area contributed by atoms with E-state index in [1.54, 1.807) is 7.11 Å². The Morgan fingerprint density at radius 3 is 2.04 bits per heavy atom. The predicted octanol–water partition coefficient (Wildman–Crippen LogP) is 3.51. The van der Waals surface area contributed by atoms with E-state index in [1.807, 2.05) is 26.8 Å². The fourth-order valence-corrected chi connectivity index (χ4v) is 3.53. The number of hydrogen-bond donors (Lipinski definition) is 1. The molecule has 0 aromatic heterocycles. The quantitative estimate of drug-likeness (QED) is 0.385. The van der Waals surface area contributed by atoms with Crippen LogP contribution in [0.5, 0.6) is 0 Å². The van der Waals surface area contributed by atoms with Crippen LogP contribution in [-0.2, 0) is 23.8 Å². The van der Waals surface area contributed by atoms with Gasteiger partial charge in [0.15, 0.2) is 0 Å². The zero-order valence-corrected chi connectivity index (χ0v) is 17.9. The van der Waals surface area contributed by atoms with E-state index < -0.39 is 18.2 Å². The third-order valence-corrected chi connectivity index (χ3v) is 5.07. The summed E-state index contributed by atoms with van der Waals surface area (Å²) in [6.07, 6.45) is 4.80. The standard InChI is InChI=1S/C21H38O6/c1-8-10-11-14(3)21(25-7)15(4)19(26-16(5)23)12-20(27-17(6)24)18(9-2)13-22/h8,10,14-15,18-22H,9,11-13H2,1-7H3/b10-8+/t14-,15-,18+,19+,20+,21+/m0/s1. The lowest BCUT2D eigenvalue weighted by Crippen LogP contribution is -2.42. The second-order valence-corrected chi connectivity index (χ2v) is 7.22. The lowest BCUT2D eigenvalue weighted by Gasteiger charge is -2.35. The first-order chi connectivity index (χ1) is 12.7. The van der Waals surface area contributed by atoms with E-state index in [0.29, 0.717) is 12.8 Å². The summed E-state index contributed by atoms with van der Waals surface area (Å²) in [5.41, 5.74) is 0. The molecule has 0 rings (SSSR count). The first-order valence-electron chi connectivity index (χ1n) is 9.80. The van der Waals surface area contributed by atoms with Gasteiger partial charge in [0.1, 0.15) is 12.2 Å². The fourth-order valence-electron chi connectivity index (χ4n) is 3.53. The van der Waals surface area contributed by atoms with E-state index in [9.17, 15) is 14.7 Å². The highest BCUT2D eigenvalue weighted by atomic mass is 16.6. The number of allylic oxidation sites excluding steroid dienone is 2. The van der Waals surface area contributed by atoms with E-state index in [1.165, 1.54) is 13.8 Å². The van der Waals surface area contributed by atoms with Crippen LogP contribution in [0.25, 0.3) is 0 Å². The molecule has 0 aromatic rings. The maximum atomic E-state index is 11.7. The molecule has 6 heteroatoms. The normalized spacial score (nSPS) is 18.4. The lowest BCUT2D eigenvalue weighted by atomic mass is 9.83. The number of carbonyl (C=O) groups excluding carboxylic acids is 2. The van der Waals surface area contributed by atoms with Gasteiger partial charge in [0.2, 0.25) is 0 Å². The Morgan fingerprint density at radius 1 is 1.07 bits per heavy atom. The molecular formula is C21H38O6. The van der Waals surface area contributed by atoms with Crippen LogP contribution in [0, 0.1) is 17.8 Å². The maximum Gasteiger partial charge on any atom is 0.302 e. The highest BCUT2D eigenvalue weighted by Crippen LogP contribution is 2.29. The van der Waals surface area contributed by atoms with Gasteiger partial charge in [-0.25, -0.2) is 0 Å². The number of rotatable bonds is 13. The SMILES string of the molecule is C/C=C/C[C@H](C)[C@@H](OC)[C@@H](C)[C@@H](C[C@@H](OC(C)=O)[C@H](CC)CO)OC(C)=O. The predicted molar refractivity (Wildman–Crippen MR) is 105 cm³/mol. The van der Waals surface area contributed by atoms with Gasteiger partial charge in [-0.05, 0) is 25.7 Å². The molecular weight excluding hydrogens is 348 g/mol. The number of aliphatic hydroxyl groups excluding tert-OH is 1. The Balaban J connectivity index is 5.51. The molecule has 6 atom stereocenters. The monoisotopic (exact) mass is 386 g/mol. The largest absolute Gasteiger partial charge is 0.462 e. The van der Waals surface area contributed by atoms with Crippen molar-refractivity contribution in [3.63, 3.8) is 0 Å². The van der Waals surface area contributed by atoms with Crippen molar-refractivity contribution >= 4 is 11.9 Å². The average molecular weight is 387 g/mol. The molecule has 0 spiro atoms. The third-order valence-electron chi connectivity index (χ3n) is 5.07. The second-order valence-electron chi connectivity index (χ2n) is 7.22. The number of carbonyl (C=O) groups is 2. The number of ether oxygens (including phenoxy) is 3. The Hall–Kier alpha value is -1.40. The van der Waals surface area contributed by atoms with Crippen molar-refractivity contribution in [2.75, 3.05) is 13.7 Å². The molecule has 27 heavy (non-hydrogen) atoms. The molecule has 0 saturated carbocycles. The number of hydrogen-bond acceptors (Lipinski definition) is 6.